The number of hydrogen-bond acceptors (Lipinski definition) is 3. The molecule has 1 aromatic carbocycles. The van der Waals surface area contributed by atoms with E-state index in [2.05, 4.69) is 11.2 Å². The van der Waals surface area contributed by atoms with Crippen LogP contribution in [0.25, 0.3) is 11.0 Å². The van der Waals surface area contributed by atoms with Crippen molar-refractivity contribution in [1.29, 1.82) is 0 Å². The standard InChI is InChI=1S/C14H18FN3S/c1-9-6-12-11(7-10(9)15)17-13(16)18(12)8-14(19-2)4-3-5-14/h6-7H,3-5,8H2,1-2H3,(H2,16,17). The van der Waals surface area contributed by atoms with Crippen LogP contribution in [0.2, 0.25) is 0 Å². The van der Waals surface area contributed by atoms with E-state index in [-0.39, 0.29) is 10.6 Å². The van der Waals surface area contributed by atoms with E-state index in [0.29, 0.717) is 17.0 Å². The number of aromatic nitrogens is 2. The number of hydrogen-bond donors (Lipinski definition) is 1. The van der Waals surface area contributed by atoms with Gasteiger partial charge in [-0.25, -0.2) is 9.37 Å². The molecule has 3 nitrogen and oxygen atoms in total. The van der Waals surface area contributed by atoms with Crippen LogP contribution in [0.15, 0.2) is 12.1 Å². The second kappa shape index (κ2) is 4.40. The molecule has 102 valence electrons. The maximum absolute atomic E-state index is 13.6. The summed E-state index contributed by atoms with van der Waals surface area (Å²) in [6, 6.07) is 3.32. The van der Waals surface area contributed by atoms with Crippen molar-refractivity contribution in [1.82, 2.24) is 9.55 Å². The number of aryl methyl sites for hydroxylation is 1. The highest BCUT2D eigenvalue weighted by Gasteiger charge is 2.37. The predicted octanol–water partition coefficient (Wildman–Crippen LogP) is 3.35. The van der Waals surface area contributed by atoms with Crippen LogP contribution in [-0.2, 0) is 6.54 Å². The lowest BCUT2D eigenvalue weighted by Gasteiger charge is -2.40. The van der Waals surface area contributed by atoms with Gasteiger partial charge >= 0.3 is 0 Å². The largest absolute Gasteiger partial charge is 0.369 e. The van der Waals surface area contributed by atoms with Gasteiger partial charge < -0.3 is 10.3 Å². The Morgan fingerprint density at radius 2 is 2.21 bits per heavy atom. The molecule has 0 radical (unpaired) electrons. The van der Waals surface area contributed by atoms with Crippen LogP contribution in [0.5, 0.6) is 0 Å². The molecule has 0 bridgehead atoms. The lowest BCUT2D eigenvalue weighted by atomic mass is 9.84. The van der Waals surface area contributed by atoms with E-state index >= 15 is 0 Å². The van der Waals surface area contributed by atoms with Crippen molar-refractivity contribution in [3.63, 3.8) is 0 Å². The Kier molecular flexibility index (Phi) is 2.96. The number of fused-ring (bicyclic) bond motifs is 1. The number of nitrogens with zero attached hydrogens (tertiary/aromatic N) is 2. The fourth-order valence-electron chi connectivity index (χ4n) is 2.72. The van der Waals surface area contributed by atoms with Gasteiger partial charge in [0.05, 0.1) is 11.0 Å². The molecule has 2 aromatic rings. The average Bonchev–Trinajstić information content (AvgIpc) is 2.61. The van der Waals surface area contributed by atoms with E-state index in [1.165, 1.54) is 25.3 Å². The third kappa shape index (κ3) is 2.00. The van der Waals surface area contributed by atoms with Crippen LogP contribution in [-0.4, -0.2) is 20.6 Å². The molecule has 0 unspecified atom stereocenters. The van der Waals surface area contributed by atoms with Gasteiger partial charge in [-0.05, 0) is 37.7 Å². The number of anilines is 1. The molecule has 1 aromatic heterocycles. The number of thioether (sulfide) groups is 1. The Hall–Kier alpha value is -1.23. The van der Waals surface area contributed by atoms with Gasteiger partial charge in [0.15, 0.2) is 0 Å². The van der Waals surface area contributed by atoms with Crippen molar-refractivity contribution in [2.24, 2.45) is 0 Å². The molecule has 0 spiro atoms. The highest BCUT2D eigenvalue weighted by atomic mass is 32.2. The van der Waals surface area contributed by atoms with Gasteiger partial charge in [0.2, 0.25) is 5.95 Å². The highest BCUT2D eigenvalue weighted by Crippen LogP contribution is 2.45. The first-order valence-corrected chi connectivity index (χ1v) is 7.74. The van der Waals surface area contributed by atoms with Crippen molar-refractivity contribution in [2.75, 3.05) is 12.0 Å². The molecule has 5 heteroatoms. The maximum Gasteiger partial charge on any atom is 0.201 e. The Bertz CT molecular complexity index is 626. The molecule has 0 amide bonds. The molecule has 1 saturated carbocycles. The first-order chi connectivity index (χ1) is 9.04. The molecule has 1 fully saturated rings. The quantitative estimate of drug-likeness (QED) is 0.937. The van der Waals surface area contributed by atoms with Crippen molar-refractivity contribution in [2.45, 2.75) is 37.5 Å². The third-order valence-electron chi connectivity index (χ3n) is 4.20. The Balaban J connectivity index is 2.07. The summed E-state index contributed by atoms with van der Waals surface area (Å²) >= 11 is 1.90. The van der Waals surface area contributed by atoms with Crippen LogP contribution >= 0.6 is 11.8 Å². The van der Waals surface area contributed by atoms with E-state index in [1.54, 1.807) is 6.92 Å². The lowest BCUT2D eigenvalue weighted by molar-refractivity contribution is 0.326. The molecule has 1 aliphatic rings. The SMILES string of the molecule is CSC1(Cn2c(N)nc3cc(F)c(C)cc32)CCC1. The molecule has 0 aliphatic heterocycles. The number of nitrogen functional groups attached to an aromatic ring is 1. The summed E-state index contributed by atoms with van der Waals surface area (Å²) in [5, 5.41) is 0. The molecule has 1 aliphatic carbocycles. The van der Waals surface area contributed by atoms with Crippen LogP contribution in [0.4, 0.5) is 10.3 Å². The summed E-state index contributed by atoms with van der Waals surface area (Å²) in [6.07, 6.45) is 5.86. The summed E-state index contributed by atoms with van der Waals surface area (Å²) < 4.78 is 15.9. The van der Waals surface area contributed by atoms with Gasteiger partial charge in [0.25, 0.3) is 0 Å². The minimum Gasteiger partial charge on any atom is -0.369 e. The van der Waals surface area contributed by atoms with E-state index in [1.807, 2.05) is 22.4 Å². The summed E-state index contributed by atoms with van der Waals surface area (Å²) in [4.78, 5) is 4.28. The second-order valence-electron chi connectivity index (χ2n) is 5.39. The number of imidazole rings is 1. The first kappa shape index (κ1) is 12.8. The summed E-state index contributed by atoms with van der Waals surface area (Å²) in [5.41, 5.74) is 8.24. The highest BCUT2D eigenvalue weighted by molar-refractivity contribution is 8.00. The van der Waals surface area contributed by atoms with Gasteiger partial charge in [0, 0.05) is 17.4 Å². The number of nitrogens with two attached hydrogens (primary N) is 1. The van der Waals surface area contributed by atoms with E-state index in [9.17, 15) is 4.39 Å². The van der Waals surface area contributed by atoms with Crippen molar-refractivity contribution >= 4 is 28.7 Å². The fourth-order valence-corrected chi connectivity index (χ4v) is 3.68. The van der Waals surface area contributed by atoms with Crippen LogP contribution in [0.1, 0.15) is 24.8 Å². The van der Waals surface area contributed by atoms with Crippen LogP contribution < -0.4 is 5.73 Å². The second-order valence-corrected chi connectivity index (χ2v) is 6.66. The van der Waals surface area contributed by atoms with Crippen molar-refractivity contribution in [3.05, 3.63) is 23.5 Å². The van der Waals surface area contributed by atoms with Gasteiger partial charge in [0.1, 0.15) is 5.82 Å². The van der Waals surface area contributed by atoms with E-state index in [0.717, 1.165) is 12.1 Å². The third-order valence-corrected chi connectivity index (χ3v) is 5.61. The Morgan fingerprint density at radius 1 is 1.47 bits per heavy atom. The monoisotopic (exact) mass is 279 g/mol. The molecular weight excluding hydrogens is 261 g/mol. The lowest BCUT2D eigenvalue weighted by Crippen LogP contribution is -2.38. The summed E-state index contributed by atoms with van der Waals surface area (Å²) in [5.74, 6) is 0.265. The zero-order valence-electron chi connectivity index (χ0n) is 11.2. The predicted molar refractivity (Wildman–Crippen MR) is 78.9 cm³/mol. The minimum absolute atomic E-state index is 0.222. The molecular formula is C14H18FN3S. The van der Waals surface area contributed by atoms with Gasteiger partial charge in [-0.2, -0.15) is 11.8 Å². The molecule has 2 N–H and O–H groups in total. The molecule has 0 atom stereocenters. The average molecular weight is 279 g/mol. The molecule has 0 saturated heterocycles. The molecule has 3 rings (SSSR count). The fraction of sp³-hybridized carbons (Fsp3) is 0.500. The Labute approximate surface area is 116 Å². The minimum atomic E-state index is -0.222. The summed E-state index contributed by atoms with van der Waals surface area (Å²) in [7, 11) is 0. The van der Waals surface area contributed by atoms with Crippen molar-refractivity contribution < 1.29 is 4.39 Å². The number of halogens is 1. The van der Waals surface area contributed by atoms with Gasteiger partial charge in [-0.1, -0.05) is 6.42 Å². The smallest absolute Gasteiger partial charge is 0.201 e. The van der Waals surface area contributed by atoms with E-state index < -0.39 is 0 Å². The van der Waals surface area contributed by atoms with Crippen molar-refractivity contribution in [3.8, 4) is 0 Å². The zero-order valence-corrected chi connectivity index (χ0v) is 12.1. The Morgan fingerprint density at radius 3 is 2.79 bits per heavy atom. The first-order valence-electron chi connectivity index (χ1n) is 6.52. The van der Waals surface area contributed by atoms with Gasteiger partial charge in [-0.3, -0.25) is 0 Å². The maximum atomic E-state index is 13.6. The number of rotatable bonds is 3. The molecule has 19 heavy (non-hydrogen) atoms. The summed E-state index contributed by atoms with van der Waals surface area (Å²) in [6.45, 7) is 2.64. The van der Waals surface area contributed by atoms with E-state index in [4.69, 9.17) is 5.73 Å². The normalized spacial score (nSPS) is 17.6. The van der Waals surface area contributed by atoms with Gasteiger partial charge in [-0.15, -0.1) is 0 Å². The van der Waals surface area contributed by atoms with Crippen LogP contribution in [0, 0.1) is 12.7 Å². The molecule has 1 heterocycles. The number of benzene rings is 1. The zero-order chi connectivity index (χ0) is 13.6. The topological polar surface area (TPSA) is 43.8 Å². The van der Waals surface area contributed by atoms with Crippen LogP contribution in [0.3, 0.4) is 0 Å².